The molecule has 0 bridgehead atoms. The maximum atomic E-state index is 11.9. The highest BCUT2D eigenvalue weighted by molar-refractivity contribution is 5.86. The van der Waals surface area contributed by atoms with E-state index in [9.17, 15) is 4.79 Å². The average molecular weight is 217 g/mol. The van der Waals surface area contributed by atoms with E-state index in [1.165, 1.54) is 0 Å². The third kappa shape index (κ3) is 3.53. The maximum Gasteiger partial charge on any atom is 0.141 e. The second-order valence-corrected chi connectivity index (χ2v) is 5.10. The molecule has 5 heteroatoms. The summed E-state index contributed by atoms with van der Waals surface area (Å²) in [6.07, 6.45) is 1.74. The molecule has 5 nitrogen and oxygen atoms in total. The SMILES string of the molecule is CC(C)(C)C(=O)C1CCC(ON(O)O)C1. The second-order valence-electron chi connectivity index (χ2n) is 5.10. The van der Waals surface area contributed by atoms with Gasteiger partial charge >= 0.3 is 0 Å². The van der Waals surface area contributed by atoms with Crippen LogP contribution in [-0.2, 0) is 9.63 Å². The molecule has 0 amide bonds. The van der Waals surface area contributed by atoms with Gasteiger partial charge in [-0.3, -0.25) is 15.2 Å². The van der Waals surface area contributed by atoms with E-state index in [4.69, 9.17) is 15.3 Å². The lowest BCUT2D eigenvalue weighted by molar-refractivity contribution is -0.504. The molecule has 1 fully saturated rings. The summed E-state index contributed by atoms with van der Waals surface area (Å²) >= 11 is 0. The van der Waals surface area contributed by atoms with Crippen molar-refractivity contribution in [1.82, 2.24) is 5.39 Å². The second kappa shape index (κ2) is 4.57. The Bertz CT molecular complexity index is 234. The standard InChI is InChI=1S/C10H19NO4/c1-10(2,3)9(12)7-4-5-8(6-7)15-11(13)14/h7-8,13-14H,4-6H2,1-3H3. The molecule has 0 aromatic heterocycles. The van der Waals surface area contributed by atoms with Crippen LogP contribution in [0, 0.1) is 11.3 Å². The van der Waals surface area contributed by atoms with Crippen LogP contribution in [-0.4, -0.2) is 27.7 Å². The summed E-state index contributed by atoms with van der Waals surface area (Å²) < 4.78 is 0. The molecule has 0 radical (unpaired) electrons. The highest BCUT2D eigenvalue weighted by atomic mass is 17.1. The lowest BCUT2D eigenvalue weighted by atomic mass is 9.82. The third-order valence-corrected chi connectivity index (χ3v) is 2.74. The van der Waals surface area contributed by atoms with E-state index in [0.29, 0.717) is 12.8 Å². The highest BCUT2D eigenvalue weighted by Crippen LogP contribution is 2.33. The van der Waals surface area contributed by atoms with Gasteiger partial charge in [-0.15, -0.1) is 0 Å². The van der Waals surface area contributed by atoms with Crippen LogP contribution >= 0.6 is 0 Å². The Labute approximate surface area is 89.5 Å². The first-order valence-corrected chi connectivity index (χ1v) is 5.19. The Kier molecular flexibility index (Phi) is 3.83. The van der Waals surface area contributed by atoms with Crippen molar-refractivity contribution in [2.24, 2.45) is 11.3 Å². The summed E-state index contributed by atoms with van der Waals surface area (Å²) in [6, 6.07) is 0. The van der Waals surface area contributed by atoms with Crippen LogP contribution < -0.4 is 0 Å². The van der Waals surface area contributed by atoms with Crippen molar-refractivity contribution in [3.63, 3.8) is 0 Å². The van der Waals surface area contributed by atoms with Gasteiger partial charge in [0, 0.05) is 11.3 Å². The van der Waals surface area contributed by atoms with Crippen LogP contribution in [0.4, 0.5) is 0 Å². The Morgan fingerprint density at radius 2 is 1.93 bits per heavy atom. The Morgan fingerprint density at radius 3 is 2.40 bits per heavy atom. The Balaban J connectivity index is 2.46. The average Bonchev–Trinajstić information content (AvgIpc) is 2.48. The normalized spacial score (nSPS) is 27.3. The molecular weight excluding hydrogens is 198 g/mol. The molecule has 15 heavy (non-hydrogen) atoms. The fourth-order valence-corrected chi connectivity index (χ4v) is 2.02. The molecule has 0 saturated heterocycles. The van der Waals surface area contributed by atoms with E-state index in [0.717, 1.165) is 6.42 Å². The van der Waals surface area contributed by atoms with E-state index >= 15 is 0 Å². The van der Waals surface area contributed by atoms with Crippen LogP contribution in [0.15, 0.2) is 0 Å². The molecule has 1 aliphatic rings. The van der Waals surface area contributed by atoms with Crippen LogP contribution in [0.5, 0.6) is 0 Å². The molecule has 2 N–H and O–H groups in total. The molecule has 0 aromatic rings. The fourth-order valence-electron chi connectivity index (χ4n) is 2.02. The van der Waals surface area contributed by atoms with Gasteiger partial charge in [0.1, 0.15) is 5.78 Å². The number of ketones is 1. The number of carbonyl (C=O) groups is 1. The number of Topliss-reactive ketones (excluding diaryl/α,β-unsaturated/α-hetero) is 1. The predicted molar refractivity (Wildman–Crippen MR) is 52.1 cm³/mol. The van der Waals surface area contributed by atoms with E-state index in [2.05, 4.69) is 0 Å². The van der Waals surface area contributed by atoms with Crippen LogP contribution in [0.2, 0.25) is 0 Å². The highest BCUT2D eigenvalue weighted by Gasteiger charge is 2.36. The minimum atomic E-state index is -0.336. The largest absolute Gasteiger partial charge is 0.299 e. The number of hydrogen-bond acceptors (Lipinski definition) is 5. The van der Waals surface area contributed by atoms with Gasteiger partial charge < -0.3 is 0 Å². The van der Waals surface area contributed by atoms with Gasteiger partial charge in [0.05, 0.1) is 11.5 Å². The first-order chi connectivity index (χ1) is 6.80. The number of hydrogen-bond donors (Lipinski definition) is 2. The van der Waals surface area contributed by atoms with Crippen LogP contribution in [0.1, 0.15) is 40.0 Å². The Morgan fingerprint density at radius 1 is 1.33 bits per heavy atom. The summed E-state index contributed by atoms with van der Waals surface area (Å²) in [5.41, 5.74) is -0.336. The van der Waals surface area contributed by atoms with Crippen molar-refractivity contribution in [2.75, 3.05) is 0 Å². The molecule has 1 aliphatic carbocycles. The molecule has 88 valence electrons. The minimum absolute atomic E-state index is 0.0186. The lowest BCUT2D eigenvalue weighted by Gasteiger charge is -2.21. The smallest absolute Gasteiger partial charge is 0.141 e. The molecular formula is C10H19NO4. The molecule has 0 aliphatic heterocycles. The van der Waals surface area contributed by atoms with Gasteiger partial charge in [-0.2, -0.15) is 0 Å². The molecule has 0 aromatic carbocycles. The van der Waals surface area contributed by atoms with Gasteiger partial charge in [-0.05, 0) is 19.3 Å². The molecule has 1 saturated carbocycles. The van der Waals surface area contributed by atoms with E-state index in [1.54, 1.807) is 0 Å². The molecule has 0 heterocycles. The van der Waals surface area contributed by atoms with Gasteiger partial charge in [-0.25, -0.2) is 4.84 Å². The third-order valence-electron chi connectivity index (χ3n) is 2.74. The van der Waals surface area contributed by atoms with Crippen molar-refractivity contribution in [1.29, 1.82) is 0 Å². The van der Waals surface area contributed by atoms with Crippen molar-refractivity contribution in [3.05, 3.63) is 0 Å². The molecule has 2 atom stereocenters. The van der Waals surface area contributed by atoms with Crippen molar-refractivity contribution < 1.29 is 20.0 Å². The van der Waals surface area contributed by atoms with Crippen molar-refractivity contribution in [2.45, 2.75) is 46.1 Å². The summed E-state index contributed by atoms with van der Waals surface area (Å²) in [6.45, 7) is 5.69. The van der Waals surface area contributed by atoms with E-state index < -0.39 is 0 Å². The van der Waals surface area contributed by atoms with Gasteiger partial charge in [0.25, 0.3) is 0 Å². The molecule has 1 rings (SSSR count). The zero-order valence-corrected chi connectivity index (χ0v) is 9.43. The lowest BCUT2D eigenvalue weighted by Crippen LogP contribution is -2.28. The van der Waals surface area contributed by atoms with Crippen LogP contribution in [0.3, 0.4) is 0 Å². The number of carbonyl (C=O) groups excluding carboxylic acids is 1. The van der Waals surface area contributed by atoms with Gasteiger partial charge in [-0.1, -0.05) is 20.8 Å². The minimum Gasteiger partial charge on any atom is -0.299 e. The van der Waals surface area contributed by atoms with Gasteiger partial charge in [0.15, 0.2) is 0 Å². The molecule has 2 unspecified atom stereocenters. The zero-order chi connectivity index (χ0) is 11.6. The molecule has 0 spiro atoms. The summed E-state index contributed by atoms with van der Waals surface area (Å²) in [4.78, 5) is 16.6. The van der Waals surface area contributed by atoms with Crippen molar-refractivity contribution >= 4 is 5.78 Å². The summed E-state index contributed by atoms with van der Waals surface area (Å²) in [5.74, 6) is 0.200. The fraction of sp³-hybridized carbons (Fsp3) is 0.900. The summed E-state index contributed by atoms with van der Waals surface area (Å²) in [5, 5.41) is 16.7. The number of nitrogens with zero attached hydrogens (tertiary/aromatic N) is 1. The van der Waals surface area contributed by atoms with Gasteiger partial charge in [0.2, 0.25) is 0 Å². The summed E-state index contributed by atoms with van der Waals surface area (Å²) in [7, 11) is 0. The monoisotopic (exact) mass is 217 g/mol. The first-order valence-electron chi connectivity index (χ1n) is 5.19. The van der Waals surface area contributed by atoms with Crippen LogP contribution in [0.25, 0.3) is 0 Å². The topological polar surface area (TPSA) is 70.0 Å². The predicted octanol–water partition coefficient (Wildman–Crippen LogP) is 1.78. The maximum absolute atomic E-state index is 11.9. The van der Waals surface area contributed by atoms with E-state index in [1.807, 2.05) is 20.8 Å². The first kappa shape index (κ1) is 12.6. The van der Waals surface area contributed by atoms with E-state index in [-0.39, 0.29) is 28.6 Å². The number of rotatable bonds is 3. The zero-order valence-electron chi connectivity index (χ0n) is 9.43. The Hall–Kier alpha value is -0.490. The quantitative estimate of drug-likeness (QED) is 0.705. The van der Waals surface area contributed by atoms with Crippen molar-refractivity contribution in [3.8, 4) is 0 Å².